The summed E-state index contributed by atoms with van der Waals surface area (Å²) in [5, 5.41) is 0. The van der Waals surface area contributed by atoms with Crippen molar-refractivity contribution in [1.29, 1.82) is 0 Å². The van der Waals surface area contributed by atoms with Gasteiger partial charge >= 0.3 is 0 Å². The van der Waals surface area contributed by atoms with Gasteiger partial charge in [0.15, 0.2) is 11.5 Å². The maximum absolute atomic E-state index is 5.46. The van der Waals surface area contributed by atoms with E-state index in [2.05, 4.69) is 30.9 Å². The molecule has 1 heterocycles. The third-order valence-electron chi connectivity index (χ3n) is 5.11. The van der Waals surface area contributed by atoms with Gasteiger partial charge in [-0.05, 0) is 42.0 Å². The number of benzene rings is 1. The van der Waals surface area contributed by atoms with Gasteiger partial charge in [0.2, 0.25) is 0 Å². The first-order valence-electron chi connectivity index (χ1n) is 9.17. The van der Waals surface area contributed by atoms with Crippen LogP contribution >= 0.6 is 0 Å². The number of rotatable bonds is 9. The first-order valence-corrected chi connectivity index (χ1v) is 9.17. The lowest BCUT2D eigenvalue weighted by Gasteiger charge is -2.32. The van der Waals surface area contributed by atoms with Crippen LogP contribution in [0.25, 0.3) is 0 Å². The van der Waals surface area contributed by atoms with Crippen LogP contribution in [0.2, 0.25) is 0 Å². The molecule has 23 heavy (non-hydrogen) atoms. The molecule has 3 nitrogen and oxygen atoms in total. The fraction of sp³-hybridized carbons (Fsp3) is 0.700. The van der Waals surface area contributed by atoms with Gasteiger partial charge in [0.1, 0.15) is 0 Å². The first kappa shape index (κ1) is 18.1. The SMILES string of the molecule is CCCCCC(CC)CN1CCc2cc(OC)c(OC)cc2C1. The summed E-state index contributed by atoms with van der Waals surface area (Å²) in [5.74, 6) is 2.54. The van der Waals surface area contributed by atoms with Crippen LogP contribution in [0.4, 0.5) is 0 Å². The van der Waals surface area contributed by atoms with Crippen LogP contribution in [0.1, 0.15) is 57.1 Å². The Morgan fingerprint density at radius 2 is 1.74 bits per heavy atom. The lowest BCUT2D eigenvalue weighted by atomic mass is 9.94. The van der Waals surface area contributed by atoms with Gasteiger partial charge in [0.05, 0.1) is 14.2 Å². The zero-order valence-electron chi connectivity index (χ0n) is 15.4. The number of unbranched alkanes of at least 4 members (excludes halogenated alkanes) is 2. The molecule has 0 amide bonds. The maximum atomic E-state index is 5.46. The van der Waals surface area contributed by atoms with Crippen LogP contribution < -0.4 is 9.47 Å². The number of nitrogens with zero attached hydrogens (tertiary/aromatic N) is 1. The summed E-state index contributed by atoms with van der Waals surface area (Å²) < 4.78 is 10.9. The highest BCUT2D eigenvalue weighted by Crippen LogP contribution is 2.33. The molecule has 130 valence electrons. The van der Waals surface area contributed by atoms with Crippen molar-refractivity contribution in [2.24, 2.45) is 5.92 Å². The predicted molar refractivity (Wildman–Crippen MR) is 96.5 cm³/mol. The molecule has 0 saturated heterocycles. The molecule has 2 rings (SSSR count). The summed E-state index contributed by atoms with van der Waals surface area (Å²) in [6, 6.07) is 4.32. The van der Waals surface area contributed by atoms with Gasteiger partial charge in [0, 0.05) is 19.6 Å². The van der Waals surface area contributed by atoms with Gasteiger partial charge in [0.25, 0.3) is 0 Å². The summed E-state index contributed by atoms with van der Waals surface area (Å²) in [7, 11) is 3.42. The second-order valence-electron chi connectivity index (χ2n) is 6.73. The fourth-order valence-electron chi connectivity index (χ4n) is 3.57. The molecular formula is C20H33NO2. The number of ether oxygens (including phenoxy) is 2. The third kappa shape index (κ3) is 4.87. The molecule has 1 aromatic rings. The van der Waals surface area contributed by atoms with Gasteiger partial charge in [-0.25, -0.2) is 0 Å². The molecule has 0 saturated carbocycles. The van der Waals surface area contributed by atoms with Crippen molar-refractivity contribution in [3.8, 4) is 11.5 Å². The highest BCUT2D eigenvalue weighted by atomic mass is 16.5. The van der Waals surface area contributed by atoms with Crippen molar-refractivity contribution < 1.29 is 9.47 Å². The molecule has 1 aliphatic heterocycles. The van der Waals surface area contributed by atoms with Gasteiger partial charge < -0.3 is 9.47 Å². The topological polar surface area (TPSA) is 21.7 Å². The van der Waals surface area contributed by atoms with Crippen LogP contribution in [0.5, 0.6) is 11.5 Å². The fourth-order valence-corrected chi connectivity index (χ4v) is 3.57. The Kier molecular flexibility index (Phi) is 7.22. The van der Waals surface area contributed by atoms with E-state index in [1.165, 1.54) is 49.8 Å². The van der Waals surface area contributed by atoms with Crippen LogP contribution in [-0.2, 0) is 13.0 Å². The minimum Gasteiger partial charge on any atom is -0.493 e. The van der Waals surface area contributed by atoms with Crippen molar-refractivity contribution in [2.45, 2.75) is 58.9 Å². The zero-order valence-corrected chi connectivity index (χ0v) is 15.4. The van der Waals surface area contributed by atoms with Crippen molar-refractivity contribution in [3.63, 3.8) is 0 Å². The van der Waals surface area contributed by atoms with Crippen LogP contribution in [0.15, 0.2) is 12.1 Å². The van der Waals surface area contributed by atoms with Gasteiger partial charge in [-0.15, -0.1) is 0 Å². The van der Waals surface area contributed by atoms with E-state index in [4.69, 9.17) is 9.47 Å². The number of methoxy groups -OCH3 is 2. The Morgan fingerprint density at radius 3 is 2.35 bits per heavy atom. The van der Waals surface area contributed by atoms with Crippen LogP contribution in [-0.4, -0.2) is 32.2 Å². The molecule has 0 bridgehead atoms. The molecule has 1 aliphatic rings. The average Bonchev–Trinajstić information content (AvgIpc) is 2.59. The molecule has 0 N–H and O–H groups in total. The Bertz CT molecular complexity index is 487. The molecule has 0 spiro atoms. The van der Waals surface area contributed by atoms with Crippen LogP contribution in [0.3, 0.4) is 0 Å². The molecule has 0 aromatic heterocycles. The molecule has 0 radical (unpaired) electrons. The van der Waals surface area contributed by atoms with E-state index in [9.17, 15) is 0 Å². The van der Waals surface area contributed by atoms with E-state index < -0.39 is 0 Å². The zero-order chi connectivity index (χ0) is 16.7. The monoisotopic (exact) mass is 319 g/mol. The molecule has 1 aromatic carbocycles. The van der Waals surface area contributed by atoms with E-state index in [-0.39, 0.29) is 0 Å². The summed E-state index contributed by atoms with van der Waals surface area (Å²) in [6.07, 6.45) is 7.84. The summed E-state index contributed by atoms with van der Waals surface area (Å²) in [6.45, 7) is 8.05. The van der Waals surface area contributed by atoms with E-state index in [1.807, 2.05) is 0 Å². The second-order valence-corrected chi connectivity index (χ2v) is 6.73. The minimum atomic E-state index is 0.836. The largest absolute Gasteiger partial charge is 0.493 e. The molecule has 1 unspecified atom stereocenters. The van der Waals surface area contributed by atoms with E-state index in [0.717, 1.165) is 36.9 Å². The predicted octanol–water partition coefficient (Wildman–Crippen LogP) is 4.67. The summed E-state index contributed by atoms with van der Waals surface area (Å²) >= 11 is 0. The smallest absolute Gasteiger partial charge is 0.161 e. The third-order valence-corrected chi connectivity index (χ3v) is 5.11. The second kappa shape index (κ2) is 9.17. The van der Waals surface area contributed by atoms with E-state index >= 15 is 0 Å². The van der Waals surface area contributed by atoms with E-state index in [0.29, 0.717) is 0 Å². The van der Waals surface area contributed by atoms with Gasteiger partial charge in [-0.3, -0.25) is 4.90 Å². The Morgan fingerprint density at radius 1 is 1.04 bits per heavy atom. The molecule has 3 heteroatoms. The lowest BCUT2D eigenvalue weighted by molar-refractivity contribution is 0.202. The van der Waals surface area contributed by atoms with Crippen molar-refractivity contribution in [1.82, 2.24) is 4.90 Å². The standard InChI is InChI=1S/C20H33NO2/c1-5-7-8-9-16(6-2)14-21-11-10-17-12-19(22-3)20(23-4)13-18(17)15-21/h12-13,16H,5-11,14-15H2,1-4H3. The Labute approximate surface area is 142 Å². The summed E-state index contributed by atoms with van der Waals surface area (Å²) in [5.41, 5.74) is 2.82. The molecule has 0 fully saturated rings. The van der Waals surface area contributed by atoms with Gasteiger partial charge in [-0.2, -0.15) is 0 Å². The van der Waals surface area contributed by atoms with Crippen molar-refractivity contribution in [2.75, 3.05) is 27.3 Å². The number of fused-ring (bicyclic) bond motifs is 1. The first-order chi connectivity index (χ1) is 11.2. The summed E-state index contributed by atoms with van der Waals surface area (Å²) in [4.78, 5) is 2.62. The Hall–Kier alpha value is -1.22. The van der Waals surface area contributed by atoms with Crippen molar-refractivity contribution in [3.05, 3.63) is 23.3 Å². The quantitative estimate of drug-likeness (QED) is 0.617. The molecule has 0 aliphatic carbocycles. The highest BCUT2D eigenvalue weighted by Gasteiger charge is 2.21. The minimum absolute atomic E-state index is 0.836. The number of hydrogen-bond acceptors (Lipinski definition) is 3. The van der Waals surface area contributed by atoms with Crippen LogP contribution in [0, 0.1) is 5.92 Å². The lowest BCUT2D eigenvalue weighted by Crippen LogP contribution is -2.34. The highest BCUT2D eigenvalue weighted by molar-refractivity contribution is 5.48. The Balaban J connectivity index is 1.98. The average molecular weight is 319 g/mol. The van der Waals surface area contributed by atoms with E-state index in [1.54, 1.807) is 14.2 Å². The molecular weight excluding hydrogens is 286 g/mol. The maximum Gasteiger partial charge on any atom is 0.161 e. The number of hydrogen-bond donors (Lipinski definition) is 0. The van der Waals surface area contributed by atoms with Gasteiger partial charge in [-0.1, -0.05) is 39.5 Å². The van der Waals surface area contributed by atoms with Crippen molar-refractivity contribution >= 4 is 0 Å². The normalized spacial score (nSPS) is 16.0. The molecule has 1 atom stereocenters.